The molecular weight excluding hydrogens is 370 g/mol. The molecule has 1 fully saturated rings. The molecule has 4 rings (SSSR count). The lowest BCUT2D eigenvalue weighted by molar-refractivity contribution is -0.117. The van der Waals surface area contributed by atoms with Gasteiger partial charge in [0.25, 0.3) is 0 Å². The number of aryl methyl sites for hydroxylation is 1. The Labute approximate surface area is 168 Å². The average Bonchev–Trinajstić information content (AvgIpc) is 3.31. The van der Waals surface area contributed by atoms with Gasteiger partial charge in [-0.25, -0.2) is 4.98 Å². The van der Waals surface area contributed by atoms with E-state index in [1.54, 1.807) is 16.2 Å². The lowest BCUT2D eigenvalue weighted by atomic mass is 10.1. The molecule has 0 spiro atoms. The summed E-state index contributed by atoms with van der Waals surface area (Å²) in [6.07, 6.45) is 1.68. The number of anilines is 2. The lowest BCUT2D eigenvalue weighted by Gasteiger charge is -2.16. The van der Waals surface area contributed by atoms with Gasteiger partial charge in [0.15, 0.2) is 0 Å². The van der Waals surface area contributed by atoms with Crippen LogP contribution < -0.4 is 10.2 Å². The van der Waals surface area contributed by atoms with E-state index >= 15 is 0 Å². The molecule has 1 aliphatic rings. The maximum atomic E-state index is 12.5. The quantitative estimate of drug-likeness (QED) is 0.700. The van der Waals surface area contributed by atoms with Gasteiger partial charge in [-0.3, -0.25) is 9.59 Å². The molecule has 142 valence electrons. The average molecular weight is 391 g/mol. The van der Waals surface area contributed by atoms with Crippen molar-refractivity contribution in [3.8, 4) is 10.6 Å². The van der Waals surface area contributed by atoms with Gasteiger partial charge in [-0.05, 0) is 37.6 Å². The number of carbonyl (C=O) groups excluding carboxylic acids is 2. The first kappa shape index (κ1) is 18.4. The minimum atomic E-state index is -0.119. The van der Waals surface area contributed by atoms with Crippen LogP contribution >= 0.6 is 11.3 Å². The minimum Gasteiger partial charge on any atom is -0.326 e. The van der Waals surface area contributed by atoms with Crippen molar-refractivity contribution in [3.05, 3.63) is 65.2 Å². The van der Waals surface area contributed by atoms with Crippen LogP contribution in [0.4, 0.5) is 11.4 Å². The number of carbonyl (C=O) groups is 2. The standard InChI is InChI=1S/C22H21N3O2S/c1-15-5-2-6-16(11-15)22-24-18(14-28-22)13-20(26)23-17-7-3-8-19(12-17)25-10-4-9-21(25)27/h2-3,5-8,11-12,14H,4,9-10,13H2,1H3,(H,23,26). The highest BCUT2D eigenvalue weighted by Gasteiger charge is 2.21. The van der Waals surface area contributed by atoms with Crippen LogP contribution in [-0.4, -0.2) is 23.3 Å². The topological polar surface area (TPSA) is 62.3 Å². The molecule has 0 saturated carbocycles. The Morgan fingerprint density at radius 1 is 1.21 bits per heavy atom. The smallest absolute Gasteiger partial charge is 0.230 e. The zero-order valence-corrected chi connectivity index (χ0v) is 16.5. The Bertz CT molecular complexity index is 1030. The van der Waals surface area contributed by atoms with Gasteiger partial charge in [-0.15, -0.1) is 11.3 Å². The van der Waals surface area contributed by atoms with Crippen molar-refractivity contribution >= 4 is 34.5 Å². The number of thiazole rings is 1. The molecule has 0 bridgehead atoms. The van der Waals surface area contributed by atoms with Crippen molar-refractivity contribution in [3.63, 3.8) is 0 Å². The van der Waals surface area contributed by atoms with E-state index in [0.29, 0.717) is 12.1 Å². The van der Waals surface area contributed by atoms with Crippen molar-refractivity contribution in [2.24, 2.45) is 0 Å². The summed E-state index contributed by atoms with van der Waals surface area (Å²) >= 11 is 1.54. The molecule has 0 unspecified atom stereocenters. The minimum absolute atomic E-state index is 0.119. The number of rotatable bonds is 5. The first-order chi connectivity index (χ1) is 13.6. The number of hydrogen-bond donors (Lipinski definition) is 1. The zero-order chi connectivity index (χ0) is 19.5. The van der Waals surface area contributed by atoms with E-state index < -0.39 is 0 Å². The molecule has 0 aliphatic carbocycles. The highest BCUT2D eigenvalue weighted by Crippen LogP contribution is 2.26. The molecule has 1 N–H and O–H groups in total. The number of aromatic nitrogens is 1. The molecule has 0 radical (unpaired) electrons. The SMILES string of the molecule is Cc1cccc(-c2nc(CC(=O)Nc3cccc(N4CCCC4=O)c3)cs2)c1. The fourth-order valence-electron chi connectivity index (χ4n) is 3.34. The summed E-state index contributed by atoms with van der Waals surface area (Å²) in [6.45, 7) is 2.78. The van der Waals surface area contributed by atoms with Crippen molar-refractivity contribution in [2.75, 3.05) is 16.8 Å². The maximum Gasteiger partial charge on any atom is 0.230 e. The summed E-state index contributed by atoms with van der Waals surface area (Å²) in [4.78, 5) is 30.7. The number of nitrogens with one attached hydrogen (secondary N) is 1. The van der Waals surface area contributed by atoms with Crippen LogP contribution in [0.25, 0.3) is 10.6 Å². The second-order valence-electron chi connectivity index (χ2n) is 6.94. The first-order valence-electron chi connectivity index (χ1n) is 9.30. The lowest BCUT2D eigenvalue weighted by Crippen LogP contribution is -2.23. The van der Waals surface area contributed by atoms with Crippen LogP contribution in [0.2, 0.25) is 0 Å². The second kappa shape index (κ2) is 7.94. The molecule has 0 atom stereocenters. The van der Waals surface area contributed by atoms with Gasteiger partial charge in [0.2, 0.25) is 11.8 Å². The molecule has 1 aliphatic heterocycles. The van der Waals surface area contributed by atoms with Crippen molar-refractivity contribution < 1.29 is 9.59 Å². The molecule has 1 aromatic heterocycles. The van der Waals surface area contributed by atoms with E-state index in [4.69, 9.17) is 0 Å². The second-order valence-corrected chi connectivity index (χ2v) is 7.80. The predicted molar refractivity (Wildman–Crippen MR) is 113 cm³/mol. The van der Waals surface area contributed by atoms with Crippen LogP contribution in [0.15, 0.2) is 53.9 Å². The largest absolute Gasteiger partial charge is 0.326 e. The van der Waals surface area contributed by atoms with E-state index in [0.717, 1.165) is 34.9 Å². The summed E-state index contributed by atoms with van der Waals surface area (Å²) in [5, 5.41) is 5.76. The monoisotopic (exact) mass is 391 g/mol. The van der Waals surface area contributed by atoms with Gasteiger partial charge in [-0.2, -0.15) is 0 Å². The molecule has 3 aromatic rings. The molecule has 2 aromatic carbocycles. The van der Waals surface area contributed by atoms with Crippen LogP contribution in [0.5, 0.6) is 0 Å². The van der Waals surface area contributed by atoms with E-state index in [9.17, 15) is 9.59 Å². The van der Waals surface area contributed by atoms with Crippen LogP contribution in [-0.2, 0) is 16.0 Å². The highest BCUT2D eigenvalue weighted by molar-refractivity contribution is 7.13. The van der Waals surface area contributed by atoms with Gasteiger partial charge in [0.1, 0.15) is 5.01 Å². The third kappa shape index (κ3) is 4.12. The van der Waals surface area contributed by atoms with Crippen LogP contribution in [0.3, 0.4) is 0 Å². The number of amides is 2. The van der Waals surface area contributed by atoms with Crippen molar-refractivity contribution in [2.45, 2.75) is 26.2 Å². The van der Waals surface area contributed by atoms with E-state index in [1.807, 2.05) is 41.8 Å². The van der Waals surface area contributed by atoms with E-state index in [2.05, 4.69) is 29.4 Å². The first-order valence-corrected chi connectivity index (χ1v) is 10.2. The number of nitrogens with zero attached hydrogens (tertiary/aromatic N) is 2. The van der Waals surface area contributed by atoms with Crippen molar-refractivity contribution in [1.82, 2.24) is 4.98 Å². The van der Waals surface area contributed by atoms with Gasteiger partial charge in [0, 0.05) is 35.3 Å². The molecule has 2 amide bonds. The number of hydrogen-bond acceptors (Lipinski definition) is 4. The number of benzene rings is 2. The Morgan fingerprint density at radius 3 is 2.86 bits per heavy atom. The molecule has 2 heterocycles. The summed E-state index contributed by atoms with van der Waals surface area (Å²) in [6, 6.07) is 15.6. The highest BCUT2D eigenvalue weighted by atomic mass is 32.1. The summed E-state index contributed by atoms with van der Waals surface area (Å²) in [5.74, 6) is 0.0145. The zero-order valence-electron chi connectivity index (χ0n) is 15.6. The summed E-state index contributed by atoms with van der Waals surface area (Å²) < 4.78 is 0. The Kier molecular flexibility index (Phi) is 5.21. The fraction of sp³-hybridized carbons (Fsp3) is 0.227. The summed E-state index contributed by atoms with van der Waals surface area (Å²) in [7, 11) is 0. The van der Waals surface area contributed by atoms with Crippen molar-refractivity contribution in [1.29, 1.82) is 0 Å². The van der Waals surface area contributed by atoms with Gasteiger partial charge >= 0.3 is 0 Å². The van der Waals surface area contributed by atoms with Crippen LogP contribution in [0, 0.1) is 6.92 Å². The van der Waals surface area contributed by atoms with Gasteiger partial charge < -0.3 is 10.2 Å². The fourth-order valence-corrected chi connectivity index (χ4v) is 4.16. The molecule has 6 heteroatoms. The van der Waals surface area contributed by atoms with Gasteiger partial charge in [0.05, 0.1) is 12.1 Å². The maximum absolute atomic E-state index is 12.5. The molecule has 5 nitrogen and oxygen atoms in total. The molecule has 28 heavy (non-hydrogen) atoms. The Balaban J connectivity index is 1.42. The Morgan fingerprint density at radius 2 is 2.07 bits per heavy atom. The van der Waals surface area contributed by atoms with E-state index in [1.165, 1.54) is 5.56 Å². The summed E-state index contributed by atoms with van der Waals surface area (Å²) in [5.41, 5.74) is 4.53. The van der Waals surface area contributed by atoms with E-state index in [-0.39, 0.29) is 18.2 Å². The third-order valence-corrected chi connectivity index (χ3v) is 5.61. The van der Waals surface area contributed by atoms with Gasteiger partial charge in [-0.1, -0.05) is 29.8 Å². The molecular formula is C22H21N3O2S. The molecule has 1 saturated heterocycles. The third-order valence-electron chi connectivity index (χ3n) is 4.67. The Hall–Kier alpha value is -2.99. The van der Waals surface area contributed by atoms with Crippen LogP contribution in [0.1, 0.15) is 24.1 Å². The predicted octanol–water partition coefficient (Wildman–Crippen LogP) is 4.43. The normalized spacial score (nSPS) is 13.8.